The van der Waals surface area contributed by atoms with Crippen molar-refractivity contribution in [1.29, 1.82) is 0 Å². The second kappa shape index (κ2) is 8.37. The minimum atomic E-state index is -0.0173. The molecule has 2 aromatic rings. The van der Waals surface area contributed by atoms with Crippen molar-refractivity contribution in [3.05, 3.63) is 35.9 Å². The maximum absolute atomic E-state index is 12.8. The SMILES string of the molecule is CC(C)NC(=O)CN1CCN(c2cc(C(=O)NC3CC3)c3ccccc3n2)CC1. The van der Waals surface area contributed by atoms with E-state index >= 15 is 0 Å². The molecule has 1 aromatic carbocycles. The van der Waals surface area contributed by atoms with E-state index in [0.29, 0.717) is 18.2 Å². The first-order valence-corrected chi connectivity index (χ1v) is 10.5. The first-order valence-electron chi connectivity index (χ1n) is 10.5. The van der Waals surface area contributed by atoms with Crippen LogP contribution in [0.2, 0.25) is 0 Å². The Labute approximate surface area is 171 Å². The maximum atomic E-state index is 12.8. The Bertz CT molecular complexity index is 901. The fraction of sp³-hybridized carbons (Fsp3) is 0.500. The normalized spacial score (nSPS) is 17.6. The third kappa shape index (κ3) is 4.85. The highest BCUT2D eigenvalue weighted by Crippen LogP contribution is 2.26. The predicted octanol–water partition coefficient (Wildman–Crippen LogP) is 1.77. The van der Waals surface area contributed by atoms with E-state index in [1.165, 1.54) is 0 Å². The molecule has 0 radical (unpaired) electrons. The number of fused-ring (bicyclic) bond motifs is 1. The highest BCUT2D eigenvalue weighted by molar-refractivity contribution is 6.07. The molecule has 1 saturated carbocycles. The molecule has 154 valence electrons. The number of benzene rings is 1. The number of nitrogens with one attached hydrogen (secondary N) is 2. The first kappa shape index (κ1) is 19.6. The van der Waals surface area contributed by atoms with Crippen LogP contribution >= 0.6 is 0 Å². The largest absolute Gasteiger partial charge is 0.354 e. The molecule has 7 nitrogen and oxygen atoms in total. The number of carbonyl (C=O) groups excluding carboxylic acids is 2. The van der Waals surface area contributed by atoms with E-state index in [9.17, 15) is 9.59 Å². The number of hydrogen-bond acceptors (Lipinski definition) is 5. The van der Waals surface area contributed by atoms with Crippen molar-refractivity contribution in [3.8, 4) is 0 Å². The smallest absolute Gasteiger partial charge is 0.252 e. The molecule has 0 atom stereocenters. The van der Waals surface area contributed by atoms with E-state index in [1.54, 1.807) is 0 Å². The molecule has 29 heavy (non-hydrogen) atoms. The van der Waals surface area contributed by atoms with Crippen LogP contribution in [0.25, 0.3) is 10.9 Å². The Hall–Kier alpha value is -2.67. The summed E-state index contributed by atoms with van der Waals surface area (Å²) in [6.45, 7) is 7.52. The number of nitrogens with zero attached hydrogens (tertiary/aromatic N) is 3. The Morgan fingerprint density at radius 3 is 2.55 bits per heavy atom. The van der Waals surface area contributed by atoms with Crippen molar-refractivity contribution < 1.29 is 9.59 Å². The van der Waals surface area contributed by atoms with Crippen molar-refractivity contribution in [2.24, 2.45) is 0 Å². The number of carbonyl (C=O) groups is 2. The van der Waals surface area contributed by atoms with Crippen LogP contribution in [0, 0.1) is 0 Å². The van der Waals surface area contributed by atoms with Gasteiger partial charge in [0.2, 0.25) is 5.91 Å². The molecule has 4 rings (SSSR count). The molecule has 1 aliphatic heterocycles. The van der Waals surface area contributed by atoms with Crippen molar-refractivity contribution in [3.63, 3.8) is 0 Å². The zero-order valence-electron chi connectivity index (χ0n) is 17.1. The number of para-hydroxylation sites is 1. The van der Waals surface area contributed by atoms with Gasteiger partial charge >= 0.3 is 0 Å². The van der Waals surface area contributed by atoms with Crippen LogP contribution in [-0.4, -0.2) is 66.5 Å². The Morgan fingerprint density at radius 2 is 1.86 bits per heavy atom. The number of anilines is 1. The van der Waals surface area contributed by atoms with Crippen molar-refractivity contribution in [2.75, 3.05) is 37.6 Å². The van der Waals surface area contributed by atoms with Crippen molar-refractivity contribution in [1.82, 2.24) is 20.5 Å². The second-order valence-corrected chi connectivity index (χ2v) is 8.28. The van der Waals surface area contributed by atoms with Crippen LogP contribution in [0.15, 0.2) is 30.3 Å². The first-order chi connectivity index (χ1) is 14.0. The lowest BCUT2D eigenvalue weighted by atomic mass is 10.1. The zero-order valence-corrected chi connectivity index (χ0v) is 17.1. The van der Waals surface area contributed by atoms with E-state index in [1.807, 2.05) is 44.2 Å². The Kier molecular flexibility index (Phi) is 5.67. The van der Waals surface area contributed by atoms with Gasteiger partial charge in [-0.15, -0.1) is 0 Å². The van der Waals surface area contributed by atoms with Crippen LogP contribution in [0.1, 0.15) is 37.0 Å². The van der Waals surface area contributed by atoms with Crippen LogP contribution in [0.4, 0.5) is 5.82 Å². The fourth-order valence-electron chi connectivity index (χ4n) is 3.71. The lowest BCUT2D eigenvalue weighted by Crippen LogP contribution is -2.50. The quantitative estimate of drug-likeness (QED) is 0.780. The molecule has 2 heterocycles. The molecule has 0 bridgehead atoms. The van der Waals surface area contributed by atoms with Gasteiger partial charge in [0.05, 0.1) is 17.6 Å². The monoisotopic (exact) mass is 395 g/mol. The summed E-state index contributed by atoms with van der Waals surface area (Å²) in [6.07, 6.45) is 2.13. The molecule has 2 N–H and O–H groups in total. The fourth-order valence-corrected chi connectivity index (χ4v) is 3.71. The van der Waals surface area contributed by atoms with Gasteiger partial charge < -0.3 is 15.5 Å². The summed E-state index contributed by atoms with van der Waals surface area (Å²) in [5.41, 5.74) is 1.53. The Morgan fingerprint density at radius 1 is 1.14 bits per heavy atom. The van der Waals surface area contributed by atoms with Gasteiger partial charge in [-0.2, -0.15) is 0 Å². The van der Waals surface area contributed by atoms with Gasteiger partial charge in [0.25, 0.3) is 5.91 Å². The van der Waals surface area contributed by atoms with Crippen molar-refractivity contribution in [2.45, 2.75) is 38.8 Å². The summed E-state index contributed by atoms with van der Waals surface area (Å²) in [5, 5.41) is 6.93. The molecular weight excluding hydrogens is 366 g/mol. The van der Waals surface area contributed by atoms with Gasteiger partial charge in [0.15, 0.2) is 0 Å². The van der Waals surface area contributed by atoms with Gasteiger partial charge in [-0.3, -0.25) is 14.5 Å². The Balaban J connectivity index is 1.48. The number of aromatic nitrogens is 1. The van der Waals surface area contributed by atoms with Crippen LogP contribution < -0.4 is 15.5 Å². The minimum Gasteiger partial charge on any atom is -0.354 e. The third-order valence-corrected chi connectivity index (χ3v) is 5.37. The third-order valence-electron chi connectivity index (χ3n) is 5.37. The predicted molar refractivity (Wildman–Crippen MR) is 114 cm³/mol. The summed E-state index contributed by atoms with van der Waals surface area (Å²) in [4.78, 5) is 34.0. The molecule has 2 aliphatic rings. The second-order valence-electron chi connectivity index (χ2n) is 8.28. The average molecular weight is 396 g/mol. The highest BCUT2D eigenvalue weighted by atomic mass is 16.2. The zero-order chi connectivity index (χ0) is 20.4. The number of pyridine rings is 1. The van der Waals surface area contributed by atoms with E-state index in [4.69, 9.17) is 4.98 Å². The van der Waals surface area contributed by atoms with E-state index in [-0.39, 0.29) is 17.9 Å². The molecule has 1 saturated heterocycles. The summed E-state index contributed by atoms with van der Waals surface area (Å²) in [5.74, 6) is 0.878. The average Bonchev–Trinajstić information content (AvgIpc) is 3.51. The highest BCUT2D eigenvalue weighted by Gasteiger charge is 2.26. The van der Waals surface area contributed by atoms with Gasteiger partial charge in [-0.1, -0.05) is 18.2 Å². The van der Waals surface area contributed by atoms with Gasteiger partial charge in [0, 0.05) is 43.6 Å². The molecule has 1 aromatic heterocycles. The lowest BCUT2D eigenvalue weighted by molar-refractivity contribution is -0.122. The molecule has 1 aliphatic carbocycles. The lowest BCUT2D eigenvalue weighted by Gasteiger charge is -2.35. The summed E-state index contributed by atoms with van der Waals surface area (Å²) >= 11 is 0. The minimum absolute atomic E-state index is 0.0173. The molecule has 7 heteroatoms. The molecule has 2 fully saturated rings. The molecule has 0 spiro atoms. The topological polar surface area (TPSA) is 77.6 Å². The number of amides is 2. The summed E-state index contributed by atoms with van der Waals surface area (Å²) < 4.78 is 0. The van der Waals surface area contributed by atoms with Crippen LogP contribution in [0.3, 0.4) is 0 Å². The molecular formula is C22H29N5O2. The summed E-state index contributed by atoms with van der Waals surface area (Å²) in [7, 11) is 0. The number of hydrogen-bond donors (Lipinski definition) is 2. The number of rotatable bonds is 6. The van der Waals surface area contributed by atoms with Crippen LogP contribution in [0.5, 0.6) is 0 Å². The van der Waals surface area contributed by atoms with E-state index in [2.05, 4.69) is 20.4 Å². The molecule has 2 amide bonds. The maximum Gasteiger partial charge on any atom is 0.252 e. The van der Waals surface area contributed by atoms with Gasteiger partial charge in [0.1, 0.15) is 5.82 Å². The van der Waals surface area contributed by atoms with E-state index < -0.39 is 0 Å². The van der Waals surface area contributed by atoms with Crippen LogP contribution in [-0.2, 0) is 4.79 Å². The van der Waals surface area contributed by atoms with Gasteiger partial charge in [-0.05, 0) is 38.8 Å². The summed E-state index contributed by atoms with van der Waals surface area (Å²) in [6, 6.07) is 10.2. The standard InChI is InChI=1S/C22H29N5O2/c1-15(2)23-21(28)14-26-9-11-27(12-10-26)20-13-18(22(29)24-16-7-8-16)17-5-3-4-6-19(17)25-20/h3-6,13,15-16H,7-12,14H2,1-2H3,(H,23,28)(H,24,29). The van der Waals surface area contributed by atoms with Crippen molar-refractivity contribution >= 4 is 28.5 Å². The number of piperazine rings is 1. The van der Waals surface area contributed by atoms with E-state index in [0.717, 1.165) is 55.7 Å². The molecule has 0 unspecified atom stereocenters. The van der Waals surface area contributed by atoms with Gasteiger partial charge in [-0.25, -0.2) is 4.98 Å².